The minimum Gasteiger partial charge on any atom is -0.399 e. The van der Waals surface area contributed by atoms with Crippen molar-refractivity contribution < 1.29 is 13.2 Å². The van der Waals surface area contributed by atoms with Crippen LogP contribution in [0.2, 0.25) is 0 Å². The molecule has 110 valence electrons. The van der Waals surface area contributed by atoms with Crippen LogP contribution in [0.3, 0.4) is 0 Å². The Balaban J connectivity index is 2.27. The molecule has 0 radical (unpaired) electrons. The van der Waals surface area contributed by atoms with Gasteiger partial charge in [-0.15, -0.1) is 0 Å². The van der Waals surface area contributed by atoms with Gasteiger partial charge in [0.2, 0.25) is 0 Å². The van der Waals surface area contributed by atoms with Crippen LogP contribution in [0.15, 0.2) is 18.2 Å². The molecular weight excluding hydrogens is 278 g/mol. The molecule has 7 heteroatoms. The molecule has 1 aromatic carbocycles. The van der Waals surface area contributed by atoms with Crippen LogP contribution in [-0.4, -0.2) is 57.9 Å². The fourth-order valence-electron chi connectivity index (χ4n) is 2.20. The minimum atomic E-state index is -2.99. The highest BCUT2D eigenvalue weighted by molar-refractivity contribution is 7.91. The maximum atomic E-state index is 12.5. The maximum absolute atomic E-state index is 12.5. The van der Waals surface area contributed by atoms with Crippen molar-refractivity contribution in [2.75, 3.05) is 49.3 Å². The predicted molar refractivity (Wildman–Crippen MR) is 79.7 cm³/mol. The smallest absolute Gasteiger partial charge is 0.256 e. The van der Waals surface area contributed by atoms with Gasteiger partial charge in [-0.2, -0.15) is 0 Å². The van der Waals surface area contributed by atoms with E-state index >= 15 is 0 Å². The van der Waals surface area contributed by atoms with E-state index in [1.807, 2.05) is 19.0 Å². The van der Waals surface area contributed by atoms with Crippen molar-refractivity contribution in [3.63, 3.8) is 0 Å². The Morgan fingerprint density at radius 1 is 1.25 bits per heavy atom. The molecule has 1 aliphatic rings. The monoisotopic (exact) mass is 297 g/mol. The van der Waals surface area contributed by atoms with Crippen LogP contribution >= 0.6 is 0 Å². The fraction of sp³-hybridized carbons (Fsp3) is 0.462. The summed E-state index contributed by atoms with van der Waals surface area (Å²) in [7, 11) is 0.705. The number of rotatable bonds is 2. The van der Waals surface area contributed by atoms with Gasteiger partial charge in [0.15, 0.2) is 9.84 Å². The largest absolute Gasteiger partial charge is 0.399 e. The Morgan fingerprint density at radius 3 is 2.40 bits per heavy atom. The third-order valence-electron chi connectivity index (χ3n) is 3.36. The average molecular weight is 297 g/mol. The summed E-state index contributed by atoms with van der Waals surface area (Å²) in [5.41, 5.74) is 7.55. The highest BCUT2D eigenvalue weighted by Gasteiger charge is 2.27. The number of benzene rings is 1. The molecule has 0 aromatic heterocycles. The lowest BCUT2D eigenvalue weighted by atomic mass is 10.1. The van der Waals surface area contributed by atoms with E-state index in [-0.39, 0.29) is 30.5 Å². The van der Waals surface area contributed by atoms with Gasteiger partial charge in [0.1, 0.15) is 0 Å². The molecule has 2 rings (SSSR count). The molecule has 0 spiro atoms. The van der Waals surface area contributed by atoms with E-state index in [1.165, 1.54) is 0 Å². The quantitative estimate of drug-likeness (QED) is 0.789. The van der Waals surface area contributed by atoms with Gasteiger partial charge >= 0.3 is 0 Å². The van der Waals surface area contributed by atoms with Crippen LogP contribution in [0, 0.1) is 0 Å². The zero-order chi connectivity index (χ0) is 14.9. The highest BCUT2D eigenvalue weighted by atomic mass is 32.2. The summed E-state index contributed by atoms with van der Waals surface area (Å²) in [5, 5.41) is 0. The molecule has 0 aliphatic carbocycles. The number of carbonyl (C=O) groups excluding carboxylic acids is 1. The van der Waals surface area contributed by atoms with E-state index in [4.69, 9.17) is 5.73 Å². The molecule has 0 saturated carbocycles. The molecular formula is C13H19N3O3S. The van der Waals surface area contributed by atoms with Crippen molar-refractivity contribution in [3.8, 4) is 0 Å². The van der Waals surface area contributed by atoms with Crippen LogP contribution < -0.4 is 10.6 Å². The number of hydrogen-bond acceptors (Lipinski definition) is 5. The van der Waals surface area contributed by atoms with Gasteiger partial charge in [0, 0.05) is 38.6 Å². The second kappa shape index (κ2) is 5.32. The van der Waals surface area contributed by atoms with Crippen LogP contribution in [-0.2, 0) is 9.84 Å². The van der Waals surface area contributed by atoms with Crippen molar-refractivity contribution in [2.24, 2.45) is 0 Å². The first-order chi connectivity index (χ1) is 9.30. The SMILES string of the molecule is CN(C)c1ccc(N)cc1C(=O)N1CCS(=O)(=O)CC1. The van der Waals surface area contributed by atoms with Gasteiger partial charge in [-0.3, -0.25) is 4.79 Å². The van der Waals surface area contributed by atoms with E-state index in [1.54, 1.807) is 23.1 Å². The molecule has 2 N–H and O–H groups in total. The minimum absolute atomic E-state index is 0.0261. The van der Waals surface area contributed by atoms with Gasteiger partial charge in [-0.1, -0.05) is 0 Å². The summed E-state index contributed by atoms with van der Waals surface area (Å²) in [4.78, 5) is 16.0. The lowest BCUT2D eigenvalue weighted by molar-refractivity contribution is 0.0771. The Hall–Kier alpha value is -1.76. The summed E-state index contributed by atoms with van der Waals surface area (Å²) in [6.45, 7) is 0.478. The van der Waals surface area contributed by atoms with Crippen LogP contribution in [0.1, 0.15) is 10.4 Å². The zero-order valence-corrected chi connectivity index (χ0v) is 12.5. The summed E-state index contributed by atoms with van der Waals surface area (Å²) >= 11 is 0. The van der Waals surface area contributed by atoms with Crippen molar-refractivity contribution in [3.05, 3.63) is 23.8 Å². The third-order valence-corrected chi connectivity index (χ3v) is 4.97. The van der Waals surface area contributed by atoms with Crippen LogP contribution in [0.4, 0.5) is 11.4 Å². The zero-order valence-electron chi connectivity index (χ0n) is 11.7. The van der Waals surface area contributed by atoms with Gasteiger partial charge in [0.05, 0.1) is 17.1 Å². The van der Waals surface area contributed by atoms with Crippen molar-refractivity contribution >= 4 is 27.1 Å². The first kappa shape index (κ1) is 14.6. The number of nitrogen functional groups attached to an aromatic ring is 1. The summed E-state index contributed by atoms with van der Waals surface area (Å²) in [5.74, 6) is -0.118. The van der Waals surface area contributed by atoms with Gasteiger partial charge < -0.3 is 15.5 Å². The second-order valence-corrected chi connectivity index (χ2v) is 7.42. The first-order valence-electron chi connectivity index (χ1n) is 6.37. The molecule has 1 fully saturated rings. The molecule has 6 nitrogen and oxygen atoms in total. The number of amides is 1. The number of nitrogens with zero attached hydrogens (tertiary/aromatic N) is 2. The van der Waals surface area contributed by atoms with Gasteiger partial charge in [0.25, 0.3) is 5.91 Å². The van der Waals surface area contributed by atoms with E-state index in [9.17, 15) is 13.2 Å². The molecule has 0 bridgehead atoms. The van der Waals surface area contributed by atoms with Crippen molar-refractivity contribution in [1.82, 2.24) is 4.90 Å². The number of nitrogens with two attached hydrogens (primary N) is 1. The molecule has 1 heterocycles. The summed E-state index contributed by atoms with van der Waals surface area (Å²) in [6, 6.07) is 5.18. The van der Waals surface area contributed by atoms with Gasteiger partial charge in [-0.05, 0) is 18.2 Å². The predicted octanol–water partition coefficient (Wildman–Crippen LogP) is 0.205. The van der Waals surface area contributed by atoms with Crippen LogP contribution in [0.25, 0.3) is 0 Å². The van der Waals surface area contributed by atoms with E-state index in [0.29, 0.717) is 11.3 Å². The molecule has 0 atom stereocenters. The van der Waals surface area contributed by atoms with Gasteiger partial charge in [-0.25, -0.2) is 8.42 Å². The second-order valence-electron chi connectivity index (χ2n) is 5.12. The molecule has 1 aromatic rings. The van der Waals surface area contributed by atoms with E-state index < -0.39 is 9.84 Å². The molecule has 1 saturated heterocycles. The Morgan fingerprint density at radius 2 is 1.85 bits per heavy atom. The number of hydrogen-bond donors (Lipinski definition) is 1. The number of carbonyl (C=O) groups is 1. The topological polar surface area (TPSA) is 83.7 Å². The molecule has 1 amide bonds. The lowest BCUT2D eigenvalue weighted by Gasteiger charge is -2.28. The fourth-order valence-corrected chi connectivity index (χ4v) is 3.40. The third kappa shape index (κ3) is 3.04. The highest BCUT2D eigenvalue weighted by Crippen LogP contribution is 2.23. The number of sulfone groups is 1. The van der Waals surface area contributed by atoms with Crippen molar-refractivity contribution in [1.29, 1.82) is 0 Å². The maximum Gasteiger partial charge on any atom is 0.256 e. The number of anilines is 2. The average Bonchev–Trinajstić information content (AvgIpc) is 2.37. The summed E-state index contributed by atoms with van der Waals surface area (Å²) < 4.78 is 22.8. The standard InChI is InChI=1S/C13H19N3O3S/c1-15(2)12-4-3-10(14)9-11(12)13(17)16-5-7-20(18,19)8-6-16/h3-4,9H,5-8,14H2,1-2H3. The molecule has 1 aliphatic heterocycles. The van der Waals surface area contributed by atoms with E-state index in [0.717, 1.165) is 5.69 Å². The normalized spacial score (nSPS) is 17.8. The van der Waals surface area contributed by atoms with Crippen LogP contribution in [0.5, 0.6) is 0 Å². The Bertz CT molecular complexity index is 612. The first-order valence-corrected chi connectivity index (χ1v) is 8.19. The summed E-state index contributed by atoms with van der Waals surface area (Å²) in [6.07, 6.45) is 0. The van der Waals surface area contributed by atoms with E-state index in [2.05, 4.69) is 0 Å². The molecule has 0 unspecified atom stereocenters. The lowest BCUT2D eigenvalue weighted by Crippen LogP contribution is -2.44. The Kier molecular flexibility index (Phi) is 3.89. The Labute approximate surface area is 119 Å². The molecule has 20 heavy (non-hydrogen) atoms. The van der Waals surface area contributed by atoms with Crippen molar-refractivity contribution in [2.45, 2.75) is 0 Å².